The third kappa shape index (κ3) is 4.11. The van der Waals surface area contributed by atoms with E-state index in [-0.39, 0.29) is 18.7 Å². The fourth-order valence-corrected chi connectivity index (χ4v) is 2.54. The van der Waals surface area contributed by atoms with Gasteiger partial charge in [-0.05, 0) is 34.5 Å². The second-order valence-corrected chi connectivity index (χ2v) is 5.49. The molecule has 1 aliphatic heterocycles. The summed E-state index contributed by atoms with van der Waals surface area (Å²) >= 11 is 3.21. The molecule has 0 amide bonds. The van der Waals surface area contributed by atoms with E-state index in [2.05, 4.69) is 15.9 Å². The standard InChI is InChI=1S/C13H15BrF3NO/c14-10-3-1-4-11(15)12(10)19-8-2-6-18-7-5-13(16,17)9-18/h1,3-4H,2,5-9H2. The summed E-state index contributed by atoms with van der Waals surface area (Å²) in [6.07, 6.45) is 0.517. The molecule has 1 heterocycles. The lowest BCUT2D eigenvalue weighted by Crippen LogP contribution is -2.27. The molecule has 0 aromatic heterocycles. The van der Waals surface area contributed by atoms with Crippen molar-refractivity contribution in [2.75, 3.05) is 26.2 Å². The number of likely N-dealkylation sites (tertiary alicyclic amines) is 1. The van der Waals surface area contributed by atoms with Crippen LogP contribution in [0.5, 0.6) is 5.75 Å². The van der Waals surface area contributed by atoms with Crippen molar-refractivity contribution in [2.24, 2.45) is 0 Å². The molecule has 0 radical (unpaired) electrons. The summed E-state index contributed by atoms with van der Waals surface area (Å²) in [6, 6.07) is 4.60. The van der Waals surface area contributed by atoms with E-state index in [0.29, 0.717) is 30.6 Å². The van der Waals surface area contributed by atoms with Crippen molar-refractivity contribution >= 4 is 15.9 Å². The maximum atomic E-state index is 13.4. The summed E-state index contributed by atoms with van der Waals surface area (Å²) < 4.78 is 45.2. The highest BCUT2D eigenvalue weighted by Gasteiger charge is 2.37. The van der Waals surface area contributed by atoms with E-state index >= 15 is 0 Å². The minimum absolute atomic E-state index is 0.0767. The summed E-state index contributed by atoms with van der Waals surface area (Å²) in [6.45, 7) is 1.08. The Bertz CT molecular complexity index is 422. The Morgan fingerprint density at radius 1 is 1.37 bits per heavy atom. The predicted molar refractivity (Wildman–Crippen MR) is 70.2 cm³/mol. The van der Waals surface area contributed by atoms with Crippen molar-refractivity contribution in [1.29, 1.82) is 0 Å². The zero-order chi connectivity index (χ0) is 13.9. The van der Waals surface area contributed by atoms with Crippen molar-refractivity contribution in [3.8, 4) is 5.75 Å². The molecule has 19 heavy (non-hydrogen) atoms. The molecule has 106 valence electrons. The van der Waals surface area contributed by atoms with E-state index in [1.807, 2.05) is 0 Å². The molecule has 2 rings (SSSR count). The van der Waals surface area contributed by atoms with Crippen LogP contribution in [0.15, 0.2) is 22.7 Å². The molecule has 0 N–H and O–H groups in total. The van der Waals surface area contributed by atoms with Crippen LogP contribution in [0.3, 0.4) is 0 Å². The largest absolute Gasteiger partial charge is 0.489 e. The number of benzene rings is 1. The second kappa shape index (κ2) is 6.13. The first-order valence-corrected chi connectivity index (χ1v) is 6.94. The molecule has 1 fully saturated rings. The van der Waals surface area contributed by atoms with Crippen LogP contribution in [0.1, 0.15) is 12.8 Å². The number of nitrogens with zero attached hydrogens (tertiary/aromatic N) is 1. The van der Waals surface area contributed by atoms with Crippen molar-refractivity contribution in [2.45, 2.75) is 18.8 Å². The maximum absolute atomic E-state index is 13.4. The predicted octanol–water partition coefficient (Wildman–Crippen LogP) is 3.70. The number of para-hydroxylation sites is 1. The number of ether oxygens (including phenoxy) is 1. The van der Waals surface area contributed by atoms with Gasteiger partial charge in [-0.1, -0.05) is 6.07 Å². The fourth-order valence-electron chi connectivity index (χ4n) is 2.08. The molecule has 0 spiro atoms. The Morgan fingerprint density at radius 3 is 2.79 bits per heavy atom. The zero-order valence-electron chi connectivity index (χ0n) is 10.3. The Labute approximate surface area is 118 Å². The third-order valence-electron chi connectivity index (χ3n) is 3.03. The summed E-state index contributed by atoms with van der Waals surface area (Å²) in [5.74, 6) is -2.81. The van der Waals surface area contributed by atoms with Crippen LogP contribution >= 0.6 is 15.9 Å². The molecular weight excluding hydrogens is 323 g/mol. The number of halogens is 4. The molecule has 1 aliphatic rings. The van der Waals surface area contributed by atoms with E-state index in [9.17, 15) is 13.2 Å². The first-order chi connectivity index (χ1) is 8.98. The van der Waals surface area contributed by atoms with E-state index < -0.39 is 11.7 Å². The first kappa shape index (κ1) is 14.7. The van der Waals surface area contributed by atoms with Gasteiger partial charge in [-0.15, -0.1) is 0 Å². The summed E-state index contributed by atoms with van der Waals surface area (Å²) in [7, 11) is 0. The molecule has 0 saturated carbocycles. The lowest BCUT2D eigenvalue weighted by molar-refractivity contribution is 0.0118. The molecule has 1 saturated heterocycles. The highest BCUT2D eigenvalue weighted by Crippen LogP contribution is 2.28. The van der Waals surface area contributed by atoms with E-state index in [1.54, 1.807) is 17.0 Å². The smallest absolute Gasteiger partial charge is 0.261 e. The maximum Gasteiger partial charge on any atom is 0.261 e. The highest BCUT2D eigenvalue weighted by molar-refractivity contribution is 9.10. The van der Waals surface area contributed by atoms with Crippen molar-refractivity contribution in [3.63, 3.8) is 0 Å². The molecule has 0 atom stereocenters. The van der Waals surface area contributed by atoms with Gasteiger partial charge in [0.2, 0.25) is 0 Å². The van der Waals surface area contributed by atoms with Crippen LogP contribution in [-0.4, -0.2) is 37.1 Å². The van der Waals surface area contributed by atoms with Crippen molar-refractivity contribution < 1.29 is 17.9 Å². The molecule has 0 aliphatic carbocycles. The van der Waals surface area contributed by atoms with Crippen LogP contribution in [-0.2, 0) is 0 Å². The van der Waals surface area contributed by atoms with Gasteiger partial charge in [0, 0.05) is 19.5 Å². The minimum Gasteiger partial charge on any atom is -0.489 e. The molecule has 1 aromatic rings. The van der Waals surface area contributed by atoms with Gasteiger partial charge in [0.25, 0.3) is 5.92 Å². The highest BCUT2D eigenvalue weighted by atomic mass is 79.9. The molecule has 6 heteroatoms. The SMILES string of the molecule is Fc1cccc(Br)c1OCCCN1CCC(F)(F)C1. The second-order valence-electron chi connectivity index (χ2n) is 4.63. The lowest BCUT2D eigenvalue weighted by atomic mass is 10.3. The molecule has 1 aromatic carbocycles. The van der Waals surface area contributed by atoms with Crippen LogP contribution in [0.4, 0.5) is 13.2 Å². The fraction of sp³-hybridized carbons (Fsp3) is 0.538. The summed E-state index contributed by atoms with van der Waals surface area (Å²) in [4.78, 5) is 1.71. The van der Waals surface area contributed by atoms with Gasteiger partial charge < -0.3 is 4.74 Å². The Kier molecular flexibility index (Phi) is 4.73. The Balaban J connectivity index is 1.73. The topological polar surface area (TPSA) is 12.5 Å². The van der Waals surface area contributed by atoms with Gasteiger partial charge in [0.1, 0.15) is 0 Å². The molecular formula is C13H15BrF3NO. The Hall–Kier alpha value is -0.750. The molecule has 2 nitrogen and oxygen atoms in total. The zero-order valence-corrected chi connectivity index (χ0v) is 11.9. The van der Waals surface area contributed by atoms with Crippen LogP contribution in [0, 0.1) is 5.82 Å². The summed E-state index contributed by atoms with van der Waals surface area (Å²) in [5, 5.41) is 0. The minimum atomic E-state index is -2.56. The van der Waals surface area contributed by atoms with E-state index in [4.69, 9.17) is 4.74 Å². The average molecular weight is 338 g/mol. The monoisotopic (exact) mass is 337 g/mol. The average Bonchev–Trinajstić information content (AvgIpc) is 2.67. The number of rotatable bonds is 5. The van der Waals surface area contributed by atoms with Gasteiger partial charge >= 0.3 is 0 Å². The number of alkyl halides is 2. The molecule has 0 unspecified atom stereocenters. The van der Waals surface area contributed by atoms with Crippen LogP contribution < -0.4 is 4.74 Å². The van der Waals surface area contributed by atoms with Gasteiger partial charge in [-0.2, -0.15) is 0 Å². The van der Waals surface area contributed by atoms with Gasteiger partial charge in [-0.3, -0.25) is 4.90 Å². The first-order valence-electron chi connectivity index (χ1n) is 6.15. The van der Waals surface area contributed by atoms with Crippen molar-refractivity contribution in [1.82, 2.24) is 4.90 Å². The van der Waals surface area contributed by atoms with Crippen LogP contribution in [0.2, 0.25) is 0 Å². The normalized spacial score (nSPS) is 18.7. The number of hydrogen-bond donors (Lipinski definition) is 0. The van der Waals surface area contributed by atoms with Gasteiger partial charge in [0.05, 0.1) is 17.6 Å². The number of hydrogen-bond acceptors (Lipinski definition) is 2. The van der Waals surface area contributed by atoms with E-state index in [1.165, 1.54) is 6.07 Å². The van der Waals surface area contributed by atoms with Gasteiger partial charge in [0.15, 0.2) is 11.6 Å². The van der Waals surface area contributed by atoms with Crippen LogP contribution in [0.25, 0.3) is 0 Å². The van der Waals surface area contributed by atoms with Gasteiger partial charge in [-0.25, -0.2) is 13.2 Å². The van der Waals surface area contributed by atoms with E-state index in [0.717, 1.165) is 0 Å². The Morgan fingerprint density at radius 2 is 2.16 bits per heavy atom. The lowest BCUT2D eigenvalue weighted by Gasteiger charge is -2.15. The summed E-state index contributed by atoms with van der Waals surface area (Å²) in [5.41, 5.74) is 0. The van der Waals surface area contributed by atoms with Crippen molar-refractivity contribution in [3.05, 3.63) is 28.5 Å². The molecule has 0 bridgehead atoms. The third-order valence-corrected chi connectivity index (χ3v) is 3.66. The quantitative estimate of drug-likeness (QED) is 0.759.